The number of amides is 1. The summed E-state index contributed by atoms with van der Waals surface area (Å²) < 4.78 is 7.68. The highest BCUT2D eigenvalue weighted by molar-refractivity contribution is 5.94. The summed E-state index contributed by atoms with van der Waals surface area (Å²) in [5, 5.41) is 7.80. The molecule has 2 heterocycles. The van der Waals surface area contributed by atoms with Gasteiger partial charge >= 0.3 is 0 Å². The van der Waals surface area contributed by atoms with E-state index in [0.717, 1.165) is 11.3 Å². The number of hydrogen-bond acceptors (Lipinski definition) is 4. The molecule has 1 aliphatic rings. The summed E-state index contributed by atoms with van der Waals surface area (Å²) in [6.07, 6.45) is 4.10. The summed E-state index contributed by atoms with van der Waals surface area (Å²) in [5.74, 6) is 0.0648. The molecular weight excluding hydrogens is 340 g/mol. The van der Waals surface area contributed by atoms with Crippen molar-refractivity contribution in [3.8, 4) is 0 Å². The molecule has 2 atom stereocenters. The van der Waals surface area contributed by atoms with E-state index in [1.807, 2.05) is 53.9 Å². The molecule has 27 heavy (non-hydrogen) atoms. The zero-order valence-electron chi connectivity index (χ0n) is 16.9. The van der Waals surface area contributed by atoms with E-state index in [1.165, 1.54) is 0 Å². The van der Waals surface area contributed by atoms with Crippen LogP contribution in [0.3, 0.4) is 0 Å². The van der Waals surface area contributed by atoms with E-state index in [1.54, 1.807) is 0 Å². The van der Waals surface area contributed by atoms with Crippen molar-refractivity contribution in [2.45, 2.75) is 58.9 Å². The van der Waals surface area contributed by atoms with E-state index in [-0.39, 0.29) is 23.7 Å². The van der Waals surface area contributed by atoms with Gasteiger partial charge in [0, 0.05) is 42.6 Å². The first kappa shape index (κ1) is 19.4. The second kappa shape index (κ2) is 7.72. The van der Waals surface area contributed by atoms with E-state index >= 15 is 0 Å². The fourth-order valence-electron chi connectivity index (χ4n) is 3.28. The summed E-state index contributed by atoms with van der Waals surface area (Å²) >= 11 is 0. The van der Waals surface area contributed by atoms with Crippen LogP contribution in [0.1, 0.15) is 50.5 Å². The Hall–Kier alpha value is -2.34. The lowest BCUT2D eigenvalue weighted by Crippen LogP contribution is -2.48. The van der Waals surface area contributed by atoms with Crippen molar-refractivity contribution in [2.24, 2.45) is 0 Å². The Balaban J connectivity index is 1.58. The third-order valence-electron chi connectivity index (χ3n) is 4.66. The minimum absolute atomic E-state index is 0.0191. The van der Waals surface area contributed by atoms with E-state index in [4.69, 9.17) is 4.74 Å². The van der Waals surface area contributed by atoms with Crippen LogP contribution in [0.25, 0.3) is 0 Å². The summed E-state index contributed by atoms with van der Waals surface area (Å²) in [7, 11) is 0. The topological polar surface area (TPSA) is 59.4 Å². The minimum atomic E-state index is -0.0191. The van der Waals surface area contributed by atoms with Crippen LogP contribution < -0.4 is 5.32 Å². The normalized spacial score (nSPS) is 20.6. The van der Waals surface area contributed by atoms with Crippen molar-refractivity contribution in [2.75, 3.05) is 18.4 Å². The second-order valence-electron chi connectivity index (χ2n) is 8.36. The zero-order valence-corrected chi connectivity index (χ0v) is 16.9. The van der Waals surface area contributed by atoms with Crippen LogP contribution in [0, 0.1) is 0 Å². The smallest absolute Gasteiger partial charge is 0.254 e. The van der Waals surface area contributed by atoms with Gasteiger partial charge in [0.2, 0.25) is 0 Å². The van der Waals surface area contributed by atoms with Crippen molar-refractivity contribution < 1.29 is 9.53 Å². The molecule has 0 spiro atoms. The van der Waals surface area contributed by atoms with Gasteiger partial charge in [0.15, 0.2) is 0 Å². The van der Waals surface area contributed by atoms with Crippen LogP contribution >= 0.6 is 0 Å². The molecule has 1 N–H and O–H groups in total. The summed E-state index contributed by atoms with van der Waals surface area (Å²) in [5.41, 5.74) is 2.80. The highest BCUT2D eigenvalue weighted by Gasteiger charge is 2.26. The van der Waals surface area contributed by atoms with Crippen molar-refractivity contribution in [3.63, 3.8) is 0 Å². The van der Waals surface area contributed by atoms with E-state index in [0.29, 0.717) is 25.2 Å². The number of carbonyl (C=O) groups is 1. The first-order valence-electron chi connectivity index (χ1n) is 9.55. The minimum Gasteiger partial charge on any atom is -0.381 e. The number of anilines is 1. The summed E-state index contributed by atoms with van der Waals surface area (Å²) in [6.45, 7) is 12.4. The average Bonchev–Trinajstić information content (AvgIpc) is 3.08. The molecule has 0 bridgehead atoms. The standard InChI is InChI=1S/C21H30N4O2/c1-15-12-24(13-16(2)27-15)20(26)18-6-8-19(9-7-18)22-10-17-11-23-25(14-17)21(3,4)5/h6-9,11,14-16,22H,10,12-13H2,1-5H3. The van der Waals surface area contributed by atoms with Crippen LogP contribution in [-0.4, -0.2) is 45.9 Å². The Kier molecular flexibility index (Phi) is 5.56. The summed E-state index contributed by atoms with van der Waals surface area (Å²) in [6, 6.07) is 7.67. The Morgan fingerprint density at radius 2 is 1.81 bits per heavy atom. The lowest BCUT2D eigenvalue weighted by Gasteiger charge is -2.35. The molecule has 3 rings (SSSR count). The van der Waals surface area contributed by atoms with Crippen LogP contribution in [0.4, 0.5) is 5.69 Å². The predicted molar refractivity (Wildman–Crippen MR) is 107 cm³/mol. The Morgan fingerprint density at radius 3 is 2.37 bits per heavy atom. The lowest BCUT2D eigenvalue weighted by atomic mass is 10.1. The SMILES string of the molecule is CC1CN(C(=O)c2ccc(NCc3cnn(C(C)(C)C)c3)cc2)CC(C)O1. The molecule has 6 heteroatoms. The van der Waals surface area contributed by atoms with Gasteiger partial charge in [-0.1, -0.05) is 0 Å². The number of carbonyl (C=O) groups excluding carboxylic acids is 1. The fourth-order valence-corrected chi connectivity index (χ4v) is 3.28. The molecule has 0 radical (unpaired) electrons. The van der Waals surface area contributed by atoms with Crippen molar-refractivity contribution in [1.82, 2.24) is 14.7 Å². The van der Waals surface area contributed by atoms with Crippen LogP contribution in [0.5, 0.6) is 0 Å². The van der Waals surface area contributed by atoms with Gasteiger partial charge in [-0.2, -0.15) is 5.10 Å². The van der Waals surface area contributed by atoms with Crippen molar-refractivity contribution in [1.29, 1.82) is 0 Å². The molecule has 146 valence electrons. The number of nitrogens with one attached hydrogen (secondary N) is 1. The Labute approximate surface area is 161 Å². The number of nitrogens with zero attached hydrogens (tertiary/aromatic N) is 3. The molecule has 1 aromatic heterocycles. The van der Waals surface area contributed by atoms with E-state index < -0.39 is 0 Å². The van der Waals surface area contributed by atoms with Crippen LogP contribution in [-0.2, 0) is 16.8 Å². The second-order valence-corrected chi connectivity index (χ2v) is 8.36. The average molecular weight is 370 g/mol. The number of benzene rings is 1. The number of rotatable bonds is 4. The molecule has 1 amide bonds. The molecule has 0 aliphatic carbocycles. The lowest BCUT2D eigenvalue weighted by molar-refractivity contribution is -0.0586. The molecule has 1 saturated heterocycles. The fraction of sp³-hybridized carbons (Fsp3) is 0.524. The van der Waals surface area contributed by atoms with Crippen LogP contribution in [0.15, 0.2) is 36.7 Å². The number of aromatic nitrogens is 2. The molecule has 1 aromatic carbocycles. The largest absolute Gasteiger partial charge is 0.381 e. The van der Waals surface area contributed by atoms with Gasteiger partial charge < -0.3 is 15.0 Å². The predicted octanol–water partition coefficient (Wildman–Crippen LogP) is 3.50. The Bertz CT molecular complexity index is 766. The maximum atomic E-state index is 12.7. The molecule has 2 aromatic rings. The summed E-state index contributed by atoms with van der Waals surface area (Å²) in [4.78, 5) is 14.6. The number of morpholine rings is 1. The third kappa shape index (κ3) is 4.89. The van der Waals surface area contributed by atoms with Crippen molar-refractivity contribution >= 4 is 11.6 Å². The van der Waals surface area contributed by atoms with Gasteiger partial charge in [0.05, 0.1) is 23.9 Å². The highest BCUT2D eigenvalue weighted by Crippen LogP contribution is 2.18. The maximum Gasteiger partial charge on any atom is 0.254 e. The molecule has 0 saturated carbocycles. The Morgan fingerprint density at radius 1 is 1.19 bits per heavy atom. The zero-order chi connectivity index (χ0) is 19.6. The molecule has 2 unspecified atom stereocenters. The van der Waals surface area contributed by atoms with Gasteiger partial charge in [0.25, 0.3) is 5.91 Å². The molecule has 6 nitrogen and oxygen atoms in total. The van der Waals surface area contributed by atoms with Gasteiger partial charge in [-0.25, -0.2) is 0 Å². The van der Waals surface area contributed by atoms with Crippen LogP contribution in [0.2, 0.25) is 0 Å². The van der Waals surface area contributed by atoms with Gasteiger partial charge in [-0.15, -0.1) is 0 Å². The number of ether oxygens (including phenoxy) is 1. The monoisotopic (exact) mass is 370 g/mol. The van der Waals surface area contributed by atoms with E-state index in [2.05, 4.69) is 37.4 Å². The number of hydrogen-bond donors (Lipinski definition) is 1. The van der Waals surface area contributed by atoms with Crippen molar-refractivity contribution in [3.05, 3.63) is 47.8 Å². The molecule has 1 aliphatic heterocycles. The van der Waals surface area contributed by atoms with E-state index in [9.17, 15) is 4.79 Å². The molecule has 1 fully saturated rings. The first-order valence-corrected chi connectivity index (χ1v) is 9.55. The highest BCUT2D eigenvalue weighted by atomic mass is 16.5. The van der Waals surface area contributed by atoms with Gasteiger partial charge in [-0.3, -0.25) is 9.48 Å². The first-order chi connectivity index (χ1) is 12.7. The third-order valence-corrected chi connectivity index (χ3v) is 4.66. The maximum absolute atomic E-state index is 12.7. The molecular formula is C21H30N4O2. The van der Waals surface area contributed by atoms with Gasteiger partial charge in [0.1, 0.15) is 0 Å². The quantitative estimate of drug-likeness (QED) is 0.895. The van der Waals surface area contributed by atoms with Gasteiger partial charge in [-0.05, 0) is 58.9 Å².